The summed E-state index contributed by atoms with van der Waals surface area (Å²) in [6.45, 7) is 1.94. The molecule has 0 unspecified atom stereocenters. The van der Waals surface area contributed by atoms with Gasteiger partial charge in [0.25, 0.3) is 0 Å². The lowest BCUT2D eigenvalue weighted by atomic mass is 9.89. The summed E-state index contributed by atoms with van der Waals surface area (Å²) in [5.41, 5.74) is 3.85. The average Bonchev–Trinajstić information content (AvgIpc) is 2.64. The largest absolute Gasteiger partial charge is 0.424 e. The van der Waals surface area contributed by atoms with E-state index >= 15 is 0 Å². The van der Waals surface area contributed by atoms with Crippen molar-refractivity contribution in [1.29, 1.82) is 0 Å². The zero-order valence-corrected chi connectivity index (χ0v) is 15.7. The molecular formula is C20H19BrN2O2. The zero-order chi connectivity index (χ0) is 17.4. The normalized spacial score (nSPS) is 15.6. The molecular weight excluding hydrogens is 380 g/mol. The second-order valence-corrected chi connectivity index (χ2v) is 7.52. The summed E-state index contributed by atoms with van der Waals surface area (Å²) in [5, 5.41) is 0. The lowest BCUT2D eigenvalue weighted by Crippen LogP contribution is -2.23. The Morgan fingerprint density at radius 3 is 2.40 bits per heavy atom. The molecule has 0 aliphatic heterocycles. The summed E-state index contributed by atoms with van der Waals surface area (Å²) in [5.74, 6) is 0.397. The number of fused-ring (bicyclic) bond motifs is 2. The van der Waals surface area contributed by atoms with Crippen LogP contribution in [0.2, 0.25) is 0 Å². The van der Waals surface area contributed by atoms with Gasteiger partial charge in [-0.3, -0.25) is 4.79 Å². The number of carbonyl (C=O) groups excluding carboxylic acids is 1. The maximum absolute atomic E-state index is 12.6. The number of rotatable bonds is 2. The van der Waals surface area contributed by atoms with Crippen molar-refractivity contribution in [2.45, 2.75) is 39.0 Å². The third-order valence-electron chi connectivity index (χ3n) is 4.85. The number of esters is 1. The maximum Gasteiger partial charge on any atom is 0.314 e. The minimum atomic E-state index is -0.138. The van der Waals surface area contributed by atoms with Gasteiger partial charge < -0.3 is 4.74 Å². The number of aryl methyl sites for hydroxylation is 1. The van der Waals surface area contributed by atoms with Crippen molar-refractivity contribution in [3.8, 4) is 5.75 Å². The molecule has 0 saturated heterocycles. The molecule has 2 aromatic carbocycles. The Hall–Kier alpha value is -2.01. The second kappa shape index (κ2) is 6.71. The Bertz CT molecular complexity index is 965. The van der Waals surface area contributed by atoms with E-state index in [9.17, 15) is 4.79 Å². The molecule has 1 aliphatic rings. The number of halogens is 1. The first-order valence-electron chi connectivity index (χ1n) is 8.71. The number of nitrogens with zero attached hydrogens (tertiary/aromatic N) is 2. The van der Waals surface area contributed by atoms with E-state index < -0.39 is 0 Å². The van der Waals surface area contributed by atoms with Crippen LogP contribution in [-0.2, 0) is 4.79 Å². The SMILES string of the molecule is Cc1cc(Br)c2nc3ccccc3nc2c1OC(=O)C1CCCCC1. The topological polar surface area (TPSA) is 52.1 Å². The summed E-state index contributed by atoms with van der Waals surface area (Å²) in [4.78, 5) is 22.1. The molecule has 0 N–H and O–H groups in total. The fourth-order valence-corrected chi connectivity index (χ4v) is 4.11. The van der Waals surface area contributed by atoms with Gasteiger partial charge >= 0.3 is 5.97 Å². The van der Waals surface area contributed by atoms with Crippen molar-refractivity contribution >= 4 is 44.0 Å². The zero-order valence-electron chi connectivity index (χ0n) is 14.1. The number of benzene rings is 2. The molecule has 1 saturated carbocycles. The van der Waals surface area contributed by atoms with Gasteiger partial charge in [0.05, 0.1) is 17.0 Å². The van der Waals surface area contributed by atoms with Crippen LogP contribution in [0.15, 0.2) is 34.8 Å². The Morgan fingerprint density at radius 2 is 1.72 bits per heavy atom. The number of carbonyl (C=O) groups is 1. The molecule has 0 spiro atoms. The van der Waals surface area contributed by atoms with Crippen molar-refractivity contribution in [3.05, 3.63) is 40.4 Å². The van der Waals surface area contributed by atoms with E-state index in [1.807, 2.05) is 37.3 Å². The molecule has 0 bridgehead atoms. The highest BCUT2D eigenvalue weighted by Crippen LogP contribution is 2.35. The van der Waals surface area contributed by atoms with Crippen molar-refractivity contribution in [3.63, 3.8) is 0 Å². The Balaban J connectivity index is 1.81. The minimum Gasteiger partial charge on any atom is -0.424 e. The van der Waals surface area contributed by atoms with Crippen LogP contribution in [0.25, 0.3) is 22.1 Å². The first kappa shape index (κ1) is 16.5. The van der Waals surface area contributed by atoms with E-state index in [0.29, 0.717) is 11.3 Å². The molecule has 3 aromatic rings. The van der Waals surface area contributed by atoms with Crippen molar-refractivity contribution in [2.75, 3.05) is 0 Å². The number of ether oxygens (including phenoxy) is 1. The lowest BCUT2D eigenvalue weighted by Gasteiger charge is -2.20. The van der Waals surface area contributed by atoms with E-state index in [0.717, 1.165) is 52.3 Å². The minimum absolute atomic E-state index is 0.000243. The molecule has 1 aliphatic carbocycles. The summed E-state index contributed by atoms with van der Waals surface area (Å²) >= 11 is 3.57. The molecule has 4 rings (SSSR count). The average molecular weight is 399 g/mol. The van der Waals surface area contributed by atoms with Crippen LogP contribution in [0.5, 0.6) is 5.75 Å². The monoisotopic (exact) mass is 398 g/mol. The Morgan fingerprint density at radius 1 is 1.08 bits per heavy atom. The van der Waals surface area contributed by atoms with Gasteiger partial charge in [-0.1, -0.05) is 31.4 Å². The summed E-state index contributed by atoms with van der Waals surface area (Å²) in [6, 6.07) is 9.66. The van der Waals surface area contributed by atoms with Gasteiger partial charge in [-0.05, 0) is 59.5 Å². The van der Waals surface area contributed by atoms with E-state index in [4.69, 9.17) is 14.7 Å². The second-order valence-electron chi connectivity index (χ2n) is 6.67. The Labute approximate surface area is 154 Å². The summed E-state index contributed by atoms with van der Waals surface area (Å²) in [6.07, 6.45) is 5.25. The van der Waals surface area contributed by atoms with Crippen LogP contribution in [0.1, 0.15) is 37.7 Å². The van der Waals surface area contributed by atoms with Crippen molar-refractivity contribution in [2.24, 2.45) is 5.92 Å². The van der Waals surface area contributed by atoms with E-state index in [1.54, 1.807) is 0 Å². The van der Waals surface area contributed by atoms with E-state index in [1.165, 1.54) is 6.42 Å². The van der Waals surface area contributed by atoms with Crippen molar-refractivity contribution < 1.29 is 9.53 Å². The molecule has 1 heterocycles. The molecule has 0 atom stereocenters. The first-order valence-corrected chi connectivity index (χ1v) is 9.50. The van der Waals surface area contributed by atoms with E-state index in [2.05, 4.69) is 15.9 Å². The predicted octanol–water partition coefficient (Wildman–Crippen LogP) is 5.34. The van der Waals surface area contributed by atoms with E-state index in [-0.39, 0.29) is 11.9 Å². The van der Waals surface area contributed by atoms with Gasteiger partial charge in [0.15, 0.2) is 5.75 Å². The number of aromatic nitrogens is 2. The van der Waals surface area contributed by atoms with Gasteiger partial charge in [-0.2, -0.15) is 0 Å². The van der Waals surface area contributed by atoms with Crippen LogP contribution >= 0.6 is 15.9 Å². The summed E-state index contributed by atoms with van der Waals surface area (Å²) in [7, 11) is 0. The lowest BCUT2D eigenvalue weighted by molar-refractivity contribution is -0.139. The van der Waals surface area contributed by atoms with Gasteiger partial charge in [-0.25, -0.2) is 9.97 Å². The molecule has 0 amide bonds. The third-order valence-corrected chi connectivity index (χ3v) is 5.46. The van der Waals surface area contributed by atoms with Crippen LogP contribution in [0.3, 0.4) is 0 Å². The number of hydrogen-bond donors (Lipinski definition) is 0. The highest BCUT2D eigenvalue weighted by Gasteiger charge is 2.25. The maximum atomic E-state index is 12.6. The molecule has 25 heavy (non-hydrogen) atoms. The first-order chi connectivity index (χ1) is 12.1. The molecule has 0 radical (unpaired) electrons. The smallest absolute Gasteiger partial charge is 0.314 e. The van der Waals surface area contributed by atoms with Crippen LogP contribution in [0, 0.1) is 12.8 Å². The van der Waals surface area contributed by atoms with Gasteiger partial charge in [0.2, 0.25) is 0 Å². The fraction of sp³-hybridized carbons (Fsp3) is 0.350. The van der Waals surface area contributed by atoms with Gasteiger partial charge in [-0.15, -0.1) is 0 Å². The quantitative estimate of drug-likeness (QED) is 0.332. The van der Waals surface area contributed by atoms with Gasteiger partial charge in [0, 0.05) is 4.47 Å². The molecule has 128 valence electrons. The molecule has 4 nitrogen and oxygen atoms in total. The van der Waals surface area contributed by atoms with Crippen LogP contribution < -0.4 is 4.74 Å². The third kappa shape index (κ3) is 3.13. The number of para-hydroxylation sites is 2. The summed E-state index contributed by atoms with van der Waals surface area (Å²) < 4.78 is 6.70. The standard InChI is InChI=1S/C20H19BrN2O2/c1-12-11-14(21)17-18(23-16-10-6-5-9-15(16)22-17)19(12)25-20(24)13-7-3-2-4-8-13/h5-6,9-11,13H,2-4,7-8H2,1H3. The Kier molecular flexibility index (Phi) is 4.42. The van der Waals surface area contributed by atoms with Crippen molar-refractivity contribution in [1.82, 2.24) is 9.97 Å². The van der Waals surface area contributed by atoms with Gasteiger partial charge in [0.1, 0.15) is 11.0 Å². The highest BCUT2D eigenvalue weighted by molar-refractivity contribution is 9.10. The fourth-order valence-electron chi connectivity index (χ4n) is 3.49. The molecule has 1 fully saturated rings. The number of hydrogen-bond acceptors (Lipinski definition) is 4. The highest BCUT2D eigenvalue weighted by atomic mass is 79.9. The molecule has 5 heteroatoms. The predicted molar refractivity (Wildman–Crippen MR) is 102 cm³/mol. The molecule has 1 aromatic heterocycles. The van der Waals surface area contributed by atoms with Crippen LogP contribution in [-0.4, -0.2) is 15.9 Å². The van der Waals surface area contributed by atoms with Crippen LogP contribution in [0.4, 0.5) is 0 Å².